The van der Waals surface area contributed by atoms with Crippen molar-refractivity contribution in [1.29, 1.82) is 0 Å². The first-order chi connectivity index (χ1) is 47.5. The molecule has 536 valence electrons. The summed E-state index contributed by atoms with van der Waals surface area (Å²) in [5, 5.41) is 0. The van der Waals surface area contributed by atoms with E-state index in [1.54, 1.807) is 0 Å². The van der Waals surface area contributed by atoms with Crippen molar-refractivity contribution < 1.29 is 57.3 Å². The van der Waals surface area contributed by atoms with E-state index >= 15 is 0 Å². The average molecular weight is 1360 g/mol. The molecule has 0 bridgehead atoms. The summed E-state index contributed by atoms with van der Waals surface area (Å²) in [4.78, 5) is 95.2. The molecule has 0 aromatic rings. The Morgan fingerprint density at radius 2 is 0.450 bits per heavy atom. The fourth-order valence-electron chi connectivity index (χ4n) is 29.2. The number of rotatable bonds is 0. The first-order valence-electron chi connectivity index (χ1n) is 40.1. The summed E-state index contributed by atoms with van der Waals surface area (Å²) in [5.74, 6) is 8.33. The lowest BCUT2D eigenvalue weighted by Crippen LogP contribution is -2.53. The molecule has 0 amide bonds. The number of hydrogen-bond acceptors (Lipinski definition) is 12. The van der Waals surface area contributed by atoms with E-state index in [0.717, 1.165) is 103 Å². The third-order valence-electron chi connectivity index (χ3n) is 35.4. The fourth-order valence-corrected chi connectivity index (χ4v) is 29.2. The van der Waals surface area contributed by atoms with Crippen LogP contribution in [0.5, 0.6) is 0 Å². The van der Waals surface area contributed by atoms with Crippen LogP contribution in [0.1, 0.15) is 261 Å². The van der Waals surface area contributed by atoms with E-state index in [1.807, 2.05) is 24.3 Å². The predicted molar refractivity (Wildman–Crippen MR) is 379 cm³/mol. The molecule has 12 fully saturated rings. The largest absolute Gasteiger partial charge is 0.458 e. The van der Waals surface area contributed by atoms with Crippen LogP contribution in [-0.2, 0) is 57.3 Å². The smallest absolute Gasteiger partial charge is 0.306 e. The molecule has 20 aliphatic rings. The number of ether oxygens (including phenoxy) is 4. The van der Waals surface area contributed by atoms with Gasteiger partial charge in [0.25, 0.3) is 0 Å². The normalized spacial score (nSPS) is 51.0. The molecule has 100 heavy (non-hydrogen) atoms. The van der Waals surface area contributed by atoms with E-state index in [2.05, 4.69) is 104 Å². The molecule has 24 atom stereocenters. The topological polar surface area (TPSA) is 173 Å². The van der Waals surface area contributed by atoms with Crippen LogP contribution in [0.4, 0.5) is 0 Å². The number of ketones is 4. The van der Waals surface area contributed by atoms with E-state index in [1.165, 1.54) is 73.7 Å². The van der Waals surface area contributed by atoms with E-state index in [0.29, 0.717) is 122 Å². The number of carbonyl (C=O) groups excluding carboxylic acids is 8. The Bertz CT molecular complexity index is 3360. The van der Waals surface area contributed by atoms with Crippen LogP contribution >= 0.6 is 0 Å². The van der Waals surface area contributed by atoms with Crippen LogP contribution in [0.2, 0.25) is 0 Å². The van der Waals surface area contributed by atoms with Crippen LogP contribution in [0.25, 0.3) is 0 Å². The lowest BCUT2D eigenvalue weighted by molar-refractivity contribution is -0.166. The molecule has 4 heterocycles. The molecule has 4 spiro atoms. The molecule has 0 N–H and O–H groups in total. The first kappa shape index (κ1) is 67.6. The standard InChI is InChI=1S/4C22H28O3/c4*1-20-9-5-15(23)13-14(20)3-4-16-17(20)6-10-21(2)18(16)7-11-22(21)12-8-19(24)25-22/h4*3-4,13,16-18H,5-12H2,1-2H3. The number of allylic oxidation sites excluding steroid dienone is 16. The summed E-state index contributed by atoms with van der Waals surface area (Å²) < 4.78 is 24.0. The van der Waals surface area contributed by atoms with Crippen LogP contribution in [0, 0.1) is 114 Å². The molecular weight excluding hydrogens is 1250 g/mol. The Morgan fingerprint density at radius 3 is 0.640 bits per heavy atom. The van der Waals surface area contributed by atoms with Gasteiger partial charge >= 0.3 is 23.9 Å². The zero-order valence-corrected chi connectivity index (χ0v) is 61.4. The Morgan fingerprint density at radius 1 is 0.250 bits per heavy atom. The lowest BCUT2D eigenvalue weighted by Gasteiger charge is -2.57. The maximum Gasteiger partial charge on any atom is 0.306 e. The Balaban J connectivity index is 0.0000000997. The minimum atomic E-state index is -0.201. The molecular formula is C88H112O12. The predicted octanol–water partition coefficient (Wildman–Crippen LogP) is 17.5. The van der Waals surface area contributed by atoms with E-state index in [9.17, 15) is 38.4 Å². The Hall–Kier alpha value is -5.52. The minimum absolute atomic E-state index is 0.00570. The van der Waals surface area contributed by atoms with Crippen molar-refractivity contribution in [1.82, 2.24) is 0 Å². The molecule has 4 saturated heterocycles. The van der Waals surface area contributed by atoms with Gasteiger partial charge in [0.1, 0.15) is 22.4 Å². The quantitative estimate of drug-likeness (QED) is 0.166. The van der Waals surface area contributed by atoms with Crippen LogP contribution in [-0.4, -0.2) is 69.4 Å². The van der Waals surface area contributed by atoms with Gasteiger partial charge < -0.3 is 18.9 Å². The molecule has 12 nitrogen and oxygen atoms in total. The van der Waals surface area contributed by atoms with Gasteiger partial charge in [-0.1, -0.05) is 104 Å². The Labute approximate surface area is 594 Å². The van der Waals surface area contributed by atoms with E-state index in [-0.39, 0.29) is 113 Å². The second-order valence-electron chi connectivity index (χ2n) is 38.4. The number of esters is 4. The van der Waals surface area contributed by atoms with Crippen molar-refractivity contribution in [3.8, 4) is 0 Å². The van der Waals surface area contributed by atoms with Crippen LogP contribution in [0.15, 0.2) is 95.2 Å². The number of fused-ring (bicyclic) bond motifs is 24. The van der Waals surface area contributed by atoms with Crippen LogP contribution < -0.4 is 0 Å². The molecule has 12 heteroatoms. The molecule has 16 aliphatic carbocycles. The molecule has 20 rings (SSSR count). The van der Waals surface area contributed by atoms with Crippen molar-refractivity contribution in [2.75, 3.05) is 0 Å². The maximum atomic E-state index is 11.9. The minimum Gasteiger partial charge on any atom is -0.458 e. The van der Waals surface area contributed by atoms with Gasteiger partial charge in [-0.25, -0.2) is 0 Å². The lowest BCUT2D eigenvalue weighted by atomic mass is 9.48. The summed E-state index contributed by atoms with van der Waals surface area (Å²) in [6.45, 7) is 19.1. The van der Waals surface area contributed by atoms with Gasteiger partial charge in [0.05, 0.1) is 0 Å². The van der Waals surface area contributed by atoms with Gasteiger partial charge in [0, 0.05) is 73.0 Å². The maximum absolute atomic E-state index is 11.9. The average Bonchev–Trinajstić information content (AvgIpc) is 1.52. The Kier molecular flexibility index (Phi) is 15.6. The second kappa shape index (κ2) is 23.0. The molecule has 0 aromatic carbocycles. The van der Waals surface area contributed by atoms with Gasteiger partial charge in [0.2, 0.25) is 0 Å². The molecule has 0 radical (unpaired) electrons. The second-order valence-corrected chi connectivity index (χ2v) is 38.4. The highest BCUT2D eigenvalue weighted by Gasteiger charge is 2.71. The molecule has 24 unspecified atom stereocenters. The van der Waals surface area contributed by atoms with Gasteiger partial charge in [-0.15, -0.1) is 0 Å². The highest BCUT2D eigenvalue weighted by Crippen LogP contribution is 2.74. The van der Waals surface area contributed by atoms with Gasteiger partial charge in [-0.2, -0.15) is 0 Å². The van der Waals surface area contributed by atoms with Gasteiger partial charge in [-0.3, -0.25) is 38.4 Å². The van der Waals surface area contributed by atoms with Gasteiger partial charge in [-0.05, 0) is 293 Å². The van der Waals surface area contributed by atoms with E-state index < -0.39 is 0 Å². The number of hydrogen-bond donors (Lipinski definition) is 0. The van der Waals surface area contributed by atoms with Crippen molar-refractivity contribution in [2.45, 2.75) is 283 Å². The van der Waals surface area contributed by atoms with E-state index in [4.69, 9.17) is 18.9 Å². The summed E-state index contributed by atoms with van der Waals surface area (Å²) in [7, 11) is 0. The molecule has 4 aliphatic heterocycles. The van der Waals surface area contributed by atoms with Crippen molar-refractivity contribution in [3.63, 3.8) is 0 Å². The third-order valence-corrected chi connectivity index (χ3v) is 35.4. The zero-order valence-electron chi connectivity index (χ0n) is 61.4. The van der Waals surface area contributed by atoms with Crippen molar-refractivity contribution in [2.24, 2.45) is 114 Å². The van der Waals surface area contributed by atoms with Gasteiger partial charge in [0.15, 0.2) is 23.1 Å². The monoisotopic (exact) mass is 1360 g/mol. The SMILES string of the molecule is CC12CCC(=O)C=C1C=CC1C2CCC2(C)C1CCC21CCC(=O)O1.CC12CCC(=O)C=C1C=CC1C2CCC2(C)C1CCC21CCC(=O)O1.CC12CCC(=O)C=C1C=CC1C2CCC2(C)C1CCC21CCC(=O)O1.CC12CCC(=O)C=C1C=CC1C2CCC2(C)C1CCC21CCC(=O)O1. The highest BCUT2D eigenvalue weighted by molar-refractivity contribution is 5.94. The third kappa shape index (κ3) is 9.43. The van der Waals surface area contributed by atoms with Crippen molar-refractivity contribution in [3.05, 3.63) is 95.2 Å². The summed E-state index contributed by atoms with van der Waals surface area (Å²) in [6.07, 6.45) is 57.1. The summed E-state index contributed by atoms with van der Waals surface area (Å²) in [6, 6.07) is 0. The zero-order chi connectivity index (χ0) is 69.8. The summed E-state index contributed by atoms with van der Waals surface area (Å²) in [5.41, 5.74) is 5.30. The first-order valence-corrected chi connectivity index (χ1v) is 40.1. The van der Waals surface area contributed by atoms with Crippen molar-refractivity contribution >= 4 is 47.0 Å². The highest BCUT2D eigenvalue weighted by atomic mass is 16.6. The van der Waals surface area contributed by atoms with Crippen LogP contribution in [0.3, 0.4) is 0 Å². The molecule has 8 saturated carbocycles. The molecule has 0 aromatic heterocycles. The fraction of sp³-hybridized carbons (Fsp3) is 0.727. The summed E-state index contributed by atoms with van der Waals surface area (Å²) >= 11 is 0. The number of carbonyl (C=O) groups is 8.